The Kier molecular flexibility index (Phi) is 7.33. The maximum Gasteiger partial charge on any atom is 0.293 e. The molecule has 11 nitrogen and oxygen atoms in total. The Morgan fingerprint density at radius 2 is 1.75 bits per heavy atom. The Morgan fingerprint density at radius 1 is 1.06 bits per heavy atom. The molecule has 0 radical (unpaired) electrons. The molecule has 1 amide bonds. The average molecular weight is 530 g/mol. The van der Waals surface area contributed by atoms with E-state index in [0.717, 1.165) is 5.69 Å². The first-order valence-electron chi connectivity index (χ1n) is 10.9. The molecule has 0 aliphatic carbocycles. The quantitative estimate of drug-likeness (QED) is 0.280. The number of carbonyl (C=O) groups excluding carboxylic acids is 1. The first-order chi connectivity index (χ1) is 17.1. The predicted octanol–water partition coefficient (Wildman–Crippen LogP) is 3.06. The summed E-state index contributed by atoms with van der Waals surface area (Å²) in [5.41, 5.74) is 2.01. The molecule has 1 aliphatic rings. The fourth-order valence-electron chi connectivity index (χ4n) is 3.75. The predicted molar refractivity (Wildman–Crippen MR) is 140 cm³/mol. The molecule has 1 aliphatic heterocycles. The number of sulfonamides is 1. The van der Waals surface area contributed by atoms with Crippen LogP contribution >= 0.6 is 12.2 Å². The fourth-order valence-corrected chi connectivity index (χ4v) is 4.79. The normalized spacial score (nSPS) is 14.3. The number of anilines is 2. The van der Waals surface area contributed by atoms with Crippen LogP contribution in [0.15, 0.2) is 65.1 Å². The highest BCUT2D eigenvalue weighted by Gasteiger charge is 2.23. The van der Waals surface area contributed by atoms with E-state index < -0.39 is 20.9 Å². The number of non-ortho nitro benzene ring substituents is 1. The van der Waals surface area contributed by atoms with E-state index in [1.165, 1.54) is 34.8 Å². The zero-order chi connectivity index (χ0) is 25.9. The van der Waals surface area contributed by atoms with Crippen molar-refractivity contribution in [2.45, 2.75) is 0 Å². The van der Waals surface area contributed by atoms with E-state index in [4.69, 9.17) is 16.6 Å². The van der Waals surface area contributed by atoms with E-state index >= 15 is 0 Å². The van der Waals surface area contributed by atoms with Gasteiger partial charge in [-0.25, -0.2) is 8.42 Å². The molecular weight excluding hydrogens is 506 g/mol. The topological polar surface area (TPSA) is 138 Å². The Balaban J connectivity index is 1.32. The van der Waals surface area contributed by atoms with E-state index in [1.54, 1.807) is 12.1 Å². The lowest BCUT2D eigenvalue weighted by Crippen LogP contribution is -2.48. The van der Waals surface area contributed by atoms with Gasteiger partial charge in [0.2, 0.25) is 10.0 Å². The summed E-state index contributed by atoms with van der Waals surface area (Å²) in [4.78, 5) is 25.1. The number of benzene rings is 2. The van der Waals surface area contributed by atoms with Crippen molar-refractivity contribution in [2.24, 2.45) is 0 Å². The van der Waals surface area contributed by atoms with Gasteiger partial charge in [0.25, 0.3) is 11.6 Å². The second kappa shape index (κ2) is 10.4. The second-order valence-electron chi connectivity index (χ2n) is 8.08. The molecule has 0 unspecified atom stereocenters. The summed E-state index contributed by atoms with van der Waals surface area (Å²) < 4.78 is 30.4. The number of piperazine rings is 1. The molecule has 3 aromatic rings. The van der Waals surface area contributed by atoms with E-state index in [0.29, 0.717) is 43.2 Å². The minimum atomic E-state index is -3.18. The fraction of sp³-hybridized carbons (Fsp3) is 0.217. The van der Waals surface area contributed by atoms with Gasteiger partial charge in [-0.3, -0.25) is 20.2 Å². The van der Waals surface area contributed by atoms with Crippen molar-refractivity contribution in [1.82, 2.24) is 9.62 Å². The third kappa shape index (κ3) is 6.05. The molecule has 1 aromatic heterocycles. The van der Waals surface area contributed by atoms with Crippen LogP contribution in [0.2, 0.25) is 0 Å². The molecule has 4 rings (SSSR count). The first-order valence-corrected chi connectivity index (χ1v) is 13.1. The third-order valence-corrected chi connectivity index (χ3v) is 7.10. The summed E-state index contributed by atoms with van der Waals surface area (Å²) in [6.45, 7) is 2.06. The van der Waals surface area contributed by atoms with Crippen molar-refractivity contribution in [3.05, 3.63) is 76.5 Å². The highest BCUT2D eigenvalue weighted by atomic mass is 32.2. The molecule has 13 heteroatoms. The Hall–Kier alpha value is -3.81. The van der Waals surface area contributed by atoms with Crippen LogP contribution in [0.4, 0.5) is 17.1 Å². The molecule has 188 valence electrons. The van der Waals surface area contributed by atoms with Crippen LogP contribution in [-0.2, 0) is 10.0 Å². The lowest BCUT2D eigenvalue weighted by Gasteiger charge is -2.34. The highest BCUT2D eigenvalue weighted by molar-refractivity contribution is 7.88. The minimum absolute atomic E-state index is 0.00393. The SMILES string of the molecule is CS(=O)(=O)N1CCN(c2ccc(NC(=S)NC(=O)c3ccc(-c4cccc([N+](=O)[O-])c4)o3)cc2)CC1. The van der Waals surface area contributed by atoms with Crippen LogP contribution in [0.3, 0.4) is 0 Å². The summed E-state index contributed by atoms with van der Waals surface area (Å²) in [6.07, 6.45) is 1.22. The van der Waals surface area contributed by atoms with Gasteiger partial charge in [0.15, 0.2) is 10.9 Å². The van der Waals surface area contributed by atoms with Crippen LogP contribution in [0.25, 0.3) is 11.3 Å². The number of nitrogens with zero attached hydrogens (tertiary/aromatic N) is 3. The number of nitro groups is 1. The summed E-state index contributed by atoms with van der Waals surface area (Å²) in [6, 6.07) is 16.3. The maximum atomic E-state index is 12.5. The standard InChI is InChI=1S/C23H23N5O6S2/c1-36(32,33)27-13-11-26(12-14-27)18-7-5-17(6-8-18)24-23(35)25-22(29)21-10-9-20(34-21)16-3-2-4-19(15-16)28(30)31/h2-10,15H,11-14H2,1H3,(H2,24,25,29,35). The number of amides is 1. The Morgan fingerprint density at radius 3 is 2.39 bits per heavy atom. The number of nitro benzene ring substituents is 1. The van der Waals surface area contributed by atoms with Crippen molar-refractivity contribution in [3.63, 3.8) is 0 Å². The van der Waals surface area contributed by atoms with Crippen molar-refractivity contribution in [3.8, 4) is 11.3 Å². The van der Waals surface area contributed by atoms with Crippen molar-refractivity contribution in [1.29, 1.82) is 0 Å². The monoisotopic (exact) mass is 529 g/mol. The molecule has 2 aromatic carbocycles. The zero-order valence-corrected chi connectivity index (χ0v) is 20.8. The van der Waals surface area contributed by atoms with Crippen LogP contribution in [-0.4, -0.2) is 61.1 Å². The molecule has 1 fully saturated rings. The number of thiocarbonyl (C=S) groups is 1. The van der Waals surface area contributed by atoms with Gasteiger partial charge in [0.1, 0.15) is 5.76 Å². The van der Waals surface area contributed by atoms with Crippen molar-refractivity contribution in [2.75, 3.05) is 42.7 Å². The largest absolute Gasteiger partial charge is 0.451 e. The van der Waals surface area contributed by atoms with Crippen LogP contribution in [0, 0.1) is 10.1 Å². The maximum absolute atomic E-state index is 12.5. The van der Waals surface area contributed by atoms with E-state index in [9.17, 15) is 23.3 Å². The van der Waals surface area contributed by atoms with Crippen molar-refractivity contribution < 1.29 is 22.6 Å². The van der Waals surface area contributed by atoms with Gasteiger partial charge in [-0.05, 0) is 48.6 Å². The number of rotatable bonds is 6. The summed E-state index contributed by atoms with van der Waals surface area (Å²) >= 11 is 5.23. The lowest BCUT2D eigenvalue weighted by atomic mass is 10.1. The highest BCUT2D eigenvalue weighted by Crippen LogP contribution is 2.26. The number of nitrogens with one attached hydrogen (secondary N) is 2. The zero-order valence-electron chi connectivity index (χ0n) is 19.2. The van der Waals surface area contributed by atoms with Gasteiger partial charge in [0.05, 0.1) is 11.2 Å². The third-order valence-electron chi connectivity index (χ3n) is 5.60. The Bertz CT molecular complexity index is 1400. The van der Waals surface area contributed by atoms with Crippen LogP contribution < -0.4 is 15.5 Å². The molecular formula is C23H23N5O6S2. The molecule has 0 spiro atoms. The van der Waals surface area contributed by atoms with Gasteiger partial charge in [-0.1, -0.05) is 12.1 Å². The summed E-state index contributed by atoms with van der Waals surface area (Å²) in [5.74, 6) is -0.246. The smallest absolute Gasteiger partial charge is 0.293 e. The lowest BCUT2D eigenvalue weighted by molar-refractivity contribution is -0.384. The van der Waals surface area contributed by atoms with E-state index in [2.05, 4.69) is 15.5 Å². The second-order valence-corrected chi connectivity index (χ2v) is 10.5. The van der Waals surface area contributed by atoms with Gasteiger partial charge in [-0.2, -0.15) is 4.31 Å². The molecule has 2 heterocycles. The number of hydrogen-bond acceptors (Lipinski definition) is 8. The molecule has 1 saturated heterocycles. The van der Waals surface area contributed by atoms with Crippen LogP contribution in [0.1, 0.15) is 10.6 Å². The van der Waals surface area contributed by atoms with Gasteiger partial charge in [0, 0.05) is 55.2 Å². The van der Waals surface area contributed by atoms with Crippen molar-refractivity contribution >= 4 is 50.3 Å². The molecule has 0 bridgehead atoms. The average Bonchev–Trinajstić information content (AvgIpc) is 3.35. The molecule has 2 N–H and O–H groups in total. The van der Waals surface area contributed by atoms with Gasteiger partial charge < -0.3 is 14.6 Å². The van der Waals surface area contributed by atoms with Gasteiger partial charge >= 0.3 is 0 Å². The summed E-state index contributed by atoms with van der Waals surface area (Å²) in [7, 11) is -3.18. The number of furan rings is 1. The summed E-state index contributed by atoms with van der Waals surface area (Å²) in [5, 5.41) is 16.5. The van der Waals surface area contributed by atoms with E-state index in [1.807, 2.05) is 24.3 Å². The van der Waals surface area contributed by atoms with Gasteiger partial charge in [-0.15, -0.1) is 0 Å². The molecule has 0 saturated carbocycles. The first kappa shape index (κ1) is 25.3. The van der Waals surface area contributed by atoms with E-state index in [-0.39, 0.29) is 16.6 Å². The Labute approximate surface area is 212 Å². The number of carbonyl (C=O) groups is 1. The molecule has 0 atom stereocenters. The number of hydrogen-bond donors (Lipinski definition) is 2. The minimum Gasteiger partial charge on any atom is -0.451 e. The molecule has 36 heavy (non-hydrogen) atoms. The van der Waals surface area contributed by atoms with Crippen LogP contribution in [0.5, 0.6) is 0 Å².